The molecule has 3 heteroatoms. The third-order valence-electron chi connectivity index (χ3n) is 3.15. The second-order valence-electron chi connectivity index (χ2n) is 4.63. The average molecular weight is 183 g/mol. The molecule has 3 nitrogen and oxygen atoms in total. The molecule has 0 aromatic heterocycles. The summed E-state index contributed by atoms with van der Waals surface area (Å²) >= 11 is 0. The molecule has 0 saturated carbocycles. The van der Waals surface area contributed by atoms with E-state index >= 15 is 0 Å². The molecular formula is C10H17NO2. The van der Waals surface area contributed by atoms with Gasteiger partial charge in [-0.05, 0) is 26.7 Å². The first-order chi connectivity index (χ1) is 6.12. The van der Waals surface area contributed by atoms with E-state index in [1.54, 1.807) is 0 Å². The van der Waals surface area contributed by atoms with Crippen LogP contribution in [0.5, 0.6) is 0 Å². The first-order valence-corrected chi connectivity index (χ1v) is 4.98. The van der Waals surface area contributed by atoms with Crippen molar-refractivity contribution in [1.29, 1.82) is 0 Å². The normalized spacial score (nSPS) is 34.9. The van der Waals surface area contributed by atoms with Gasteiger partial charge in [0.05, 0.1) is 17.7 Å². The number of ether oxygens (including phenoxy) is 1. The Kier molecular flexibility index (Phi) is 2.16. The molecular weight excluding hydrogens is 166 g/mol. The summed E-state index contributed by atoms with van der Waals surface area (Å²) in [6, 6.07) is 0. The lowest BCUT2D eigenvalue weighted by atomic mass is 10.0. The summed E-state index contributed by atoms with van der Waals surface area (Å²) in [4.78, 5) is 13.1. The van der Waals surface area contributed by atoms with Crippen LogP contribution in [-0.4, -0.2) is 42.0 Å². The van der Waals surface area contributed by atoms with Gasteiger partial charge in [0.25, 0.3) is 0 Å². The second-order valence-corrected chi connectivity index (χ2v) is 4.63. The van der Waals surface area contributed by atoms with Crippen LogP contribution >= 0.6 is 0 Å². The van der Waals surface area contributed by atoms with Crippen molar-refractivity contribution in [3.8, 4) is 0 Å². The lowest BCUT2D eigenvalue weighted by Crippen LogP contribution is -2.53. The molecule has 74 valence electrons. The number of morpholine rings is 1. The molecule has 13 heavy (non-hydrogen) atoms. The van der Waals surface area contributed by atoms with Gasteiger partial charge in [-0.3, -0.25) is 4.90 Å². The van der Waals surface area contributed by atoms with E-state index in [1.807, 2.05) is 13.8 Å². The van der Waals surface area contributed by atoms with Crippen molar-refractivity contribution in [2.24, 2.45) is 0 Å². The molecule has 0 N–H and O–H groups in total. The maximum absolute atomic E-state index is 10.9. The molecule has 2 saturated heterocycles. The molecule has 0 spiro atoms. The Bertz CT molecular complexity index is 203. The van der Waals surface area contributed by atoms with E-state index in [0.717, 1.165) is 32.2 Å². The van der Waals surface area contributed by atoms with Crippen molar-refractivity contribution >= 4 is 6.29 Å². The molecule has 2 aliphatic rings. The van der Waals surface area contributed by atoms with Gasteiger partial charge in [0.15, 0.2) is 0 Å². The lowest BCUT2D eigenvalue weighted by molar-refractivity contribution is -0.123. The summed E-state index contributed by atoms with van der Waals surface area (Å²) in [6.45, 7) is 5.79. The molecule has 0 amide bonds. The molecule has 2 heterocycles. The van der Waals surface area contributed by atoms with Gasteiger partial charge in [-0.15, -0.1) is 0 Å². The van der Waals surface area contributed by atoms with E-state index in [0.29, 0.717) is 12.2 Å². The van der Waals surface area contributed by atoms with Crippen molar-refractivity contribution in [1.82, 2.24) is 4.90 Å². The zero-order valence-electron chi connectivity index (χ0n) is 8.32. The van der Waals surface area contributed by atoms with Gasteiger partial charge in [-0.25, -0.2) is 0 Å². The monoisotopic (exact) mass is 183 g/mol. The van der Waals surface area contributed by atoms with E-state index in [4.69, 9.17) is 4.74 Å². The summed E-state index contributed by atoms with van der Waals surface area (Å²) in [5.74, 6) is 0. The van der Waals surface area contributed by atoms with Crippen LogP contribution in [0.15, 0.2) is 0 Å². The van der Waals surface area contributed by atoms with Gasteiger partial charge in [0.2, 0.25) is 0 Å². The van der Waals surface area contributed by atoms with Crippen molar-refractivity contribution in [3.63, 3.8) is 0 Å². The lowest BCUT2D eigenvalue weighted by Gasteiger charge is -2.40. The fourth-order valence-electron chi connectivity index (χ4n) is 2.16. The number of carbonyl (C=O) groups is 1. The molecule has 2 fully saturated rings. The first kappa shape index (κ1) is 9.16. The number of hydrogen-bond donors (Lipinski definition) is 0. The van der Waals surface area contributed by atoms with Gasteiger partial charge in [0, 0.05) is 13.1 Å². The quantitative estimate of drug-likeness (QED) is 0.594. The fraction of sp³-hybridized carbons (Fsp3) is 0.900. The van der Waals surface area contributed by atoms with Gasteiger partial charge in [0.1, 0.15) is 6.29 Å². The van der Waals surface area contributed by atoms with Crippen molar-refractivity contribution < 1.29 is 9.53 Å². The molecule has 2 unspecified atom stereocenters. The minimum atomic E-state index is -0.315. The number of fused-ring (bicyclic) bond motifs is 2. The largest absolute Gasteiger partial charge is 0.372 e. The highest BCUT2D eigenvalue weighted by molar-refractivity contribution is 5.62. The third-order valence-corrected chi connectivity index (χ3v) is 3.15. The maximum atomic E-state index is 10.9. The van der Waals surface area contributed by atoms with E-state index < -0.39 is 0 Å². The standard InChI is InChI=1S/C10H17NO2/c1-10(2,7-12)11-5-8-3-4-9(6-11)13-8/h7-9H,3-6H2,1-2H3. The molecule has 0 aromatic carbocycles. The van der Waals surface area contributed by atoms with E-state index in [9.17, 15) is 4.79 Å². The molecule has 0 radical (unpaired) electrons. The summed E-state index contributed by atoms with van der Waals surface area (Å²) < 4.78 is 5.71. The minimum absolute atomic E-state index is 0.315. The van der Waals surface area contributed by atoms with Gasteiger partial charge < -0.3 is 9.53 Å². The number of likely N-dealkylation sites (tertiary alicyclic amines) is 1. The van der Waals surface area contributed by atoms with Crippen LogP contribution in [0.4, 0.5) is 0 Å². The van der Waals surface area contributed by atoms with Gasteiger partial charge in [-0.1, -0.05) is 0 Å². The van der Waals surface area contributed by atoms with Crippen LogP contribution in [0.3, 0.4) is 0 Å². The number of aldehydes is 1. The van der Waals surface area contributed by atoms with Crippen LogP contribution in [0.1, 0.15) is 26.7 Å². The minimum Gasteiger partial charge on any atom is -0.372 e. The highest BCUT2D eigenvalue weighted by Gasteiger charge is 2.39. The Balaban J connectivity index is 2.06. The summed E-state index contributed by atoms with van der Waals surface area (Å²) in [6.07, 6.45) is 4.11. The van der Waals surface area contributed by atoms with Crippen molar-refractivity contribution in [2.45, 2.75) is 44.4 Å². The number of nitrogens with zero attached hydrogens (tertiary/aromatic N) is 1. The van der Waals surface area contributed by atoms with E-state index in [2.05, 4.69) is 4.90 Å². The second kappa shape index (κ2) is 3.07. The molecule has 2 rings (SSSR count). The maximum Gasteiger partial charge on any atom is 0.139 e. The zero-order valence-corrected chi connectivity index (χ0v) is 8.32. The molecule has 0 aliphatic carbocycles. The van der Waals surface area contributed by atoms with Crippen LogP contribution in [0.2, 0.25) is 0 Å². The van der Waals surface area contributed by atoms with E-state index in [-0.39, 0.29) is 5.54 Å². The van der Waals surface area contributed by atoms with Crippen molar-refractivity contribution in [3.05, 3.63) is 0 Å². The zero-order chi connectivity index (χ0) is 9.47. The molecule has 2 atom stereocenters. The van der Waals surface area contributed by atoms with Crippen LogP contribution in [-0.2, 0) is 9.53 Å². The summed E-state index contributed by atoms with van der Waals surface area (Å²) in [5.41, 5.74) is -0.315. The highest BCUT2D eigenvalue weighted by Crippen LogP contribution is 2.29. The number of hydrogen-bond acceptors (Lipinski definition) is 3. The number of rotatable bonds is 2. The smallest absolute Gasteiger partial charge is 0.139 e. The SMILES string of the molecule is CC(C)(C=O)N1CC2CCC(C1)O2. The Labute approximate surface area is 79.0 Å². The van der Waals surface area contributed by atoms with Gasteiger partial charge in [-0.2, -0.15) is 0 Å². The highest BCUT2D eigenvalue weighted by atomic mass is 16.5. The Hall–Kier alpha value is -0.410. The molecule has 0 aromatic rings. The Morgan fingerprint density at radius 3 is 2.31 bits per heavy atom. The summed E-state index contributed by atoms with van der Waals surface area (Å²) in [5, 5.41) is 0. The Morgan fingerprint density at radius 2 is 1.85 bits per heavy atom. The number of carbonyl (C=O) groups excluding carboxylic acids is 1. The predicted octanol–water partition coefficient (Wildman–Crippen LogP) is 0.827. The predicted molar refractivity (Wildman–Crippen MR) is 49.6 cm³/mol. The van der Waals surface area contributed by atoms with Crippen LogP contribution < -0.4 is 0 Å². The van der Waals surface area contributed by atoms with E-state index in [1.165, 1.54) is 0 Å². The Morgan fingerprint density at radius 1 is 1.31 bits per heavy atom. The average Bonchev–Trinajstić information content (AvgIpc) is 2.45. The van der Waals surface area contributed by atoms with Crippen molar-refractivity contribution in [2.75, 3.05) is 13.1 Å². The summed E-state index contributed by atoms with van der Waals surface area (Å²) in [7, 11) is 0. The van der Waals surface area contributed by atoms with Crippen LogP contribution in [0.25, 0.3) is 0 Å². The fourth-order valence-corrected chi connectivity index (χ4v) is 2.16. The molecule has 2 bridgehead atoms. The topological polar surface area (TPSA) is 29.5 Å². The first-order valence-electron chi connectivity index (χ1n) is 4.98. The molecule has 2 aliphatic heterocycles. The van der Waals surface area contributed by atoms with Gasteiger partial charge >= 0.3 is 0 Å². The third kappa shape index (κ3) is 1.63. The van der Waals surface area contributed by atoms with Crippen LogP contribution in [0, 0.1) is 0 Å².